The Morgan fingerprint density at radius 2 is 1.76 bits per heavy atom. The van der Waals surface area contributed by atoms with Crippen LogP contribution in [0.1, 0.15) is 36.6 Å². The van der Waals surface area contributed by atoms with E-state index in [9.17, 15) is 18.8 Å². The summed E-state index contributed by atoms with van der Waals surface area (Å²) in [6.45, 7) is 3.79. The van der Waals surface area contributed by atoms with E-state index in [1.54, 1.807) is 30.9 Å². The standard InChI is InChI=1S/C31H23ClFN3O4S/c1-3-40-30(39)24-17(2)34-31-36(26(24)19-10-14-21(33)15-11-19)29(38)27(41-31)25-22-6-4-5-7-23(22)35(28(25)37)16-18-8-12-20(32)13-9-18/h4-15,26H,3,16H2,1-2H3/b27-25+/t26-/m1/s1. The van der Waals surface area contributed by atoms with Crippen LogP contribution in [0.15, 0.2) is 93.9 Å². The van der Waals surface area contributed by atoms with Crippen molar-refractivity contribution in [3.05, 3.63) is 131 Å². The molecule has 0 unspecified atom stereocenters. The van der Waals surface area contributed by atoms with Crippen LogP contribution in [0.25, 0.3) is 5.57 Å². The minimum Gasteiger partial charge on any atom is -0.463 e. The van der Waals surface area contributed by atoms with Crippen molar-refractivity contribution in [2.24, 2.45) is 4.99 Å². The van der Waals surface area contributed by atoms with Gasteiger partial charge in [0.05, 0.1) is 41.7 Å². The van der Waals surface area contributed by atoms with E-state index in [0.717, 1.165) is 16.9 Å². The monoisotopic (exact) mass is 587 g/mol. The van der Waals surface area contributed by atoms with Crippen molar-refractivity contribution in [3.63, 3.8) is 0 Å². The Labute approximate surface area is 243 Å². The zero-order valence-electron chi connectivity index (χ0n) is 22.1. The number of rotatable bonds is 5. The van der Waals surface area contributed by atoms with Crippen molar-refractivity contribution >= 4 is 46.1 Å². The van der Waals surface area contributed by atoms with Gasteiger partial charge < -0.3 is 9.64 Å². The maximum atomic E-state index is 14.2. The zero-order chi connectivity index (χ0) is 28.8. The smallest absolute Gasteiger partial charge is 0.338 e. The molecule has 41 heavy (non-hydrogen) atoms. The molecule has 0 saturated carbocycles. The molecule has 3 aromatic carbocycles. The van der Waals surface area contributed by atoms with Crippen LogP contribution >= 0.6 is 22.9 Å². The molecule has 7 nitrogen and oxygen atoms in total. The predicted molar refractivity (Wildman–Crippen MR) is 155 cm³/mol. The van der Waals surface area contributed by atoms with Crippen molar-refractivity contribution in [1.29, 1.82) is 0 Å². The van der Waals surface area contributed by atoms with Crippen molar-refractivity contribution in [2.45, 2.75) is 26.4 Å². The second kappa shape index (κ2) is 10.6. The Morgan fingerprint density at radius 3 is 2.46 bits per heavy atom. The molecule has 0 N–H and O–H groups in total. The number of nitrogens with zero attached hydrogens (tertiary/aromatic N) is 3. The van der Waals surface area contributed by atoms with Gasteiger partial charge in [-0.15, -0.1) is 0 Å². The molecule has 0 spiro atoms. The van der Waals surface area contributed by atoms with Crippen LogP contribution in [0.4, 0.5) is 10.1 Å². The first-order chi connectivity index (χ1) is 19.8. The molecule has 1 aromatic heterocycles. The molecule has 0 radical (unpaired) electrons. The molecule has 0 fully saturated rings. The lowest BCUT2D eigenvalue weighted by Crippen LogP contribution is -2.41. The van der Waals surface area contributed by atoms with E-state index in [4.69, 9.17) is 16.3 Å². The van der Waals surface area contributed by atoms with Crippen molar-refractivity contribution < 1.29 is 18.7 Å². The number of allylic oxidation sites excluding steroid dienone is 1. The van der Waals surface area contributed by atoms with Crippen LogP contribution in [-0.2, 0) is 20.9 Å². The number of fused-ring (bicyclic) bond motifs is 2. The first-order valence-corrected chi connectivity index (χ1v) is 14.1. The number of thiazole rings is 1. The Kier molecular flexibility index (Phi) is 6.93. The number of aromatic nitrogens is 1. The summed E-state index contributed by atoms with van der Waals surface area (Å²) in [7, 11) is 0. The van der Waals surface area contributed by atoms with E-state index < -0.39 is 23.4 Å². The molecule has 0 bridgehead atoms. The van der Waals surface area contributed by atoms with Gasteiger partial charge in [-0.1, -0.05) is 65.4 Å². The topological polar surface area (TPSA) is 81.0 Å². The van der Waals surface area contributed by atoms with Crippen molar-refractivity contribution in [2.75, 3.05) is 11.5 Å². The van der Waals surface area contributed by atoms with Crippen LogP contribution in [-0.4, -0.2) is 23.1 Å². The quantitative estimate of drug-likeness (QED) is 0.322. The first kappa shape index (κ1) is 26.9. The van der Waals surface area contributed by atoms with Gasteiger partial charge in [0, 0.05) is 10.6 Å². The maximum absolute atomic E-state index is 14.2. The van der Waals surface area contributed by atoms with E-state index >= 15 is 0 Å². The summed E-state index contributed by atoms with van der Waals surface area (Å²) in [5, 5.41) is 0.594. The summed E-state index contributed by atoms with van der Waals surface area (Å²) in [6, 6.07) is 19.3. The molecule has 1 atom stereocenters. The predicted octanol–water partition coefficient (Wildman–Crippen LogP) is 4.51. The van der Waals surface area contributed by atoms with Crippen molar-refractivity contribution in [1.82, 2.24) is 4.57 Å². The van der Waals surface area contributed by atoms with E-state index in [2.05, 4.69) is 4.99 Å². The minimum absolute atomic E-state index is 0.134. The fourth-order valence-electron chi connectivity index (χ4n) is 5.23. The SMILES string of the molecule is CCOC(=O)C1=C(C)N=c2s/c(=C3/C(=O)N(Cc4ccc(Cl)cc4)c4ccccc43)c(=O)n2[C@@H]1c1ccc(F)cc1. The molecule has 206 valence electrons. The lowest BCUT2D eigenvalue weighted by atomic mass is 9.96. The highest BCUT2D eigenvalue weighted by Crippen LogP contribution is 2.37. The number of ether oxygens (including phenoxy) is 1. The largest absolute Gasteiger partial charge is 0.463 e. The van der Waals surface area contributed by atoms with E-state index in [1.807, 2.05) is 36.4 Å². The van der Waals surface area contributed by atoms with Crippen LogP contribution in [0.3, 0.4) is 0 Å². The molecule has 2 aliphatic rings. The highest BCUT2D eigenvalue weighted by molar-refractivity contribution is 7.07. The Morgan fingerprint density at radius 1 is 1.05 bits per heavy atom. The maximum Gasteiger partial charge on any atom is 0.338 e. The van der Waals surface area contributed by atoms with E-state index in [-0.39, 0.29) is 28.2 Å². The lowest BCUT2D eigenvalue weighted by molar-refractivity contribution is -0.139. The number of hydrogen-bond donors (Lipinski definition) is 0. The third kappa shape index (κ3) is 4.61. The Balaban J connectivity index is 1.56. The third-order valence-corrected chi connectivity index (χ3v) is 8.39. The summed E-state index contributed by atoms with van der Waals surface area (Å²) >= 11 is 7.14. The van der Waals surface area contributed by atoms with Gasteiger partial charge in [-0.3, -0.25) is 14.2 Å². The van der Waals surface area contributed by atoms with E-state index in [1.165, 1.54) is 28.8 Å². The Bertz CT molecular complexity index is 1930. The molecule has 2 aliphatic heterocycles. The molecule has 0 saturated heterocycles. The van der Waals surface area contributed by atoms with Gasteiger partial charge in [0.15, 0.2) is 4.80 Å². The zero-order valence-corrected chi connectivity index (χ0v) is 23.6. The normalized spacial score (nSPS) is 17.3. The lowest BCUT2D eigenvalue weighted by Gasteiger charge is -2.24. The van der Waals surface area contributed by atoms with Gasteiger partial charge >= 0.3 is 5.97 Å². The highest BCUT2D eigenvalue weighted by Gasteiger charge is 2.37. The van der Waals surface area contributed by atoms with Crippen LogP contribution in [0.2, 0.25) is 5.02 Å². The van der Waals surface area contributed by atoms with Crippen LogP contribution < -0.4 is 19.8 Å². The molecular formula is C31H23ClFN3O4S. The molecule has 1 amide bonds. The molecule has 6 rings (SSSR count). The van der Waals surface area contributed by atoms with E-state index in [0.29, 0.717) is 38.9 Å². The summed E-state index contributed by atoms with van der Waals surface area (Å²) in [5.41, 5.74) is 3.10. The average molecular weight is 588 g/mol. The average Bonchev–Trinajstić information content (AvgIpc) is 3.42. The number of carbonyl (C=O) groups is 2. The van der Waals surface area contributed by atoms with Gasteiger partial charge in [0.2, 0.25) is 0 Å². The summed E-state index contributed by atoms with van der Waals surface area (Å²) in [4.78, 5) is 47.8. The number of anilines is 1. The first-order valence-electron chi connectivity index (χ1n) is 12.9. The third-order valence-electron chi connectivity index (χ3n) is 7.08. The second-order valence-electron chi connectivity index (χ2n) is 9.58. The number of hydrogen-bond acceptors (Lipinski definition) is 6. The summed E-state index contributed by atoms with van der Waals surface area (Å²) in [5.74, 6) is -1.38. The summed E-state index contributed by atoms with van der Waals surface area (Å²) in [6.07, 6.45) is 0. The number of benzene rings is 3. The van der Waals surface area contributed by atoms with Gasteiger partial charge in [-0.2, -0.15) is 0 Å². The van der Waals surface area contributed by atoms with Gasteiger partial charge in [0.1, 0.15) is 10.3 Å². The summed E-state index contributed by atoms with van der Waals surface area (Å²) < 4.78 is 20.8. The van der Waals surface area contributed by atoms with Gasteiger partial charge in [-0.05, 0) is 55.3 Å². The molecular weight excluding hydrogens is 565 g/mol. The second-order valence-corrected chi connectivity index (χ2v) is 11.0. The molecule has 10 heteroatoms. The molecule has 3 heterocycles. The fraction of sp³-hybridized carbons (Fsp3) is 0.161. The highest BCUT2D eigenvalue weighted by atomic mass is 35.5. The number of halogens is 2. The Hall–Kier alpha value is -4.34. The number of carbonyl (C=O) groups excluding carboxylic acids is 2. The molecule has 0 aliphatic carbocycles. The number of esters is 1. The minimum atomic E-state index is -0.905. The molecule has 4 aromatic rings. The van der Waals surface area contributed by atoms with Gasteiger partial charge in [0.25, 0.3) is 11.5 Å². The van der Waals surface area contributed by atoms with Crippen LogP contribution in [0, 0.1) is 5.82 Å². The number of amides is 1. The van der Waals surface area contributed by atoms with Crippen LogP contribution in [0.5, 0.6) is 0 Å². The van der Waals surface area contributed by atoms with Crippen molar-refractivity contribution in [3.8, 4) is 0 Å². The fourth-order valence-corrected chi connectivity index (χ4v) is 6.49. The van der Waals surface area contributed by atoms with Gasteiger partial charge in [-0.25, -0.2) is 14.2 Å². The number of para-hydroxylation sites is 1.